The summed E-state index contributed by atoms with van der Waals surface area (Å²) < 4.78 is 5.87. The highest BCUT2D eigenvalue weighted by Crippen LogP contribution is 2.88. The van der Waals surface area contributed by atoms with Gasteiger partial charge in [0.05, 0.1) is 6.10 Å². The fraction of sp³-hybridized carbons (Fsp3) is 0.818. The molecule has 9 rings (SSSR count). The maximum atomic E-state index is 12.9. The number of hydrogen-bond acceptors (Lipinski definition) is 6. The lowest BCUT2D eigenvalue weighted by molar-refractivity contribution is -0.267. The Balaban J connectivity index is 1.52. The number of hydrogen-bond donors (Lipinski definition) is 2. The second-order valence-electron chi connectivity index (χ2n) is 11.4. The fourth-order valence-corrected chi connectivity index (χ4v) is 10.8. The Kier molecular flexibility index (Phi) is 2.45. The van der Waals surface area contributed by atoms with Gasteiger partial charge < -0.3 is 14.9 Å². The summed E-state index contributed by atoms with van der Waals surface area (Å²) in [5.41, 5.74) is -0.904. The molecule has 6 saturated carbocycles. The number of fused-ring (bicyclic) bond motifs is 1. The van der Waals surface area contributed by atoms with E-state index in [2.05, 4.69) is 18.4 Å². The minimum Gasteiger partial charge on any atom is -0.461 e. The number of ether oxygens (including phenoxy) is 1. The molecule has 3 aliphatic heterocycles. The van der Waals surface area contributed by atoms with Crippen molar-refractivity contribution in [2.45, 2.75) is 63.5 Å². The normalized spacial score (nSPS) is 66.7. The summed E-state index contributed by atoms with van der Waals surface area (Å²) >= 11 is 0. The summed E-state index contributed by atoms with van der Waals surface area (Å²) in [4.78, 5) is 27.2. The number of aliphatic hydroxyl groups is 2. The zero-order chi connectivity index (χ0) is 19.6. The summed E-state index contributed by atoms with van der Waals surface area (Å²) in [5.74, 6) is -0.253. The largest absolute Gasteiger partial charge is 0.461 e. The molecular formula is C22H27NO5. The van der Waals surface area contributed by atoms with E-state index in [-0.39, 0.29) is 52.3 Å². The Morgan fingerprint density at radius 3 is 2.79 bits per heavy atom. The average Bonchev–Trinajstić information content (AvgIpc) is 2.89. The second kappa shape index (κ2) is 4.14. The maximum Gasteiger partial charge on any atom is 0.302 e. The Labute approximate surface area is 163 Å². The lowest BCUT2D eigenvalue weighted by atomic mass is 9.39. The summed E-state index contributed by atoms with van der Waals surface area (Å²) in [6.45, 7) is 8.56. The molecule has 9 bridgehead atoms. The molecule has 3 saturated heterocycles. The molecule has 2 N–H and O–H groups in total. The van der Waals surface area contributed by atoms with E-state index in [9.17, 15) is 19.8 Å². The number of esters is 1. The summed E-state index contributed by atoms with van der Waals surface area (Å²) in [7, 11) is 0. The van der Waals surface area contributed by atoms with Crippen LogP contribution in [0.5, 0.6) is 0 Å². The molecule has 2 spiro atoms. The van der Waals surface area contributed by atoms with E-state index in [1.165, 1.54) is 6.92 Å². The number of ketones is 1. The van der Waals surface area contributed by atoms with Gasteiger partial charge in [-0.1, -0.05) is 19.1 Å². The van der Waals surface area contributed by atoms with Crippen molar-refractivity contribution in [2.24, 2.45) is 39.9 Å². The summed E-state index contributed by atoms with van der Waals surface area (Å²) in [6, 6.07) is 0.00988. The number of nitrogens with zero attached hydrogens (tertiary/aromatic N) is 1. The third-order valence-corrected chi connectivity index (χ3v) is 10.3. The van der Waals surface area contributed by atoms with Crippen LogP contribution in [0.15, 0.2) is 12.2 Å². The highest BCUT2D eigenvalue weighted by molar-refractivity contribution is 5.82. The van der Waals surface area contributed by atoms with Crippen LogP contribution < -0.4 is 0 Å². The molecule has 12 atom stereocenters. The molecule has 0 aromatic rings. The average molecular weight is 385 g/mol. The van der Waals surface area contributed by atoms with E-state index < -0.39 is 23.3 Å². The predicted octanol–water partition coefficient (Wildman–Crippen LogP) is 0.863. The van der Waals surface area contributed by atoms with Crippen LogP contribution in [0.25, 0.3) is 0 Å². The molecule has 3 heterocycles. The van der Waals surface area contributed by atoms with Gasteiger partial charge in [0.2, 0.25) is 0 Å². The van der Waals surface area contributed by atoms with Gasteiger partial charge in [0, 0.05) is 61.4 Å². The molecule has 4 unspecified atom stereocenters. The smallest absolute Gasteiger partial charge is 0.302 e. The van der Waals surface area contributed by atoms with Crippen LogP contribution in [0.2, 0.25) is 0 Å². The molecule has 0 radical (unpaired) electrons. The Hall–Kier alpha value is -1.24. The number of rotatable bonds is 1. The number of aliphatic hydroxyl groups excluding tert-OH is 1. The number of Topliss-reactive ketones (excluding diaryl/α,β-unsaturated/α-hetero) is 1. The van der Waals surface area contributed by atoms with Crippen molar-refractivity contribution in [2.75, 3.05) is 6.54 Å². The van der Waals surface area contributed by atoms with E-state index in [0.29, 0.717) is 19.3 Å². The summed E-state index contributed by atoms with van der Waals surface area (Å²) in [6.07, 6.45) is 1.28. The monoisotopic (exact) mass is 385 g/mol. The van der Waals surface area contributed by atoms with E-state index in [1.54, 1.807) is 0 Å². The van der Waals surface area contributed by atoms with Gasteiger partial charge in [0.15, 0.2) is 0 Å². The molecule has 9 fully saturated rings. The zero-order valence-corrected chi connectivity index (χ0v) is 16.4. The number of carbonyl (C=O) groups is 2. The van der Waals surface area contributed by atoms with Crippen LogP contribution in [-0.4, -0.2) is 57.4 Å². The van der Waals surface area contributed by atoms with Crippen LogP contribution in [0.1, 0.15) is 39.5 Å². The molecule has 6 nitrogen and oxygen atoms in total. The van der Waals surface area contributed by atoms with E-state index >= 15 is 0 Å². The standard InChI is InChI=1S/C22H27NO5/c1-9-4-20-7-22(27)18-19(3)5-11(25)6-21(18)16(20)14(26)12(9)15(28-10(2)24)13(20)17(21)23(22)8-19/h12-18,26-27H,1,4-8H2,2-3H3/t12-,13?,14-,15?,16-,17?,18-,19+,20+,21+,22-/m1/s1. The maximum absolute atomic E-state index is 12.9. The molecule has 9 aliphatic rings. The first-order valence-corrected chi connectivity index (χ1v) is 10.6. The van der Waals surface area contributed by atoms with Gasteiger partial charge in [0.1, 0.15) is 17.6 Å². The topological polar surface area (TPSA) is 87.1 Å². The van der Waals surface area contributed by atoms with Gasteiger partial charge in [-0.05, 0) is 23.7 Å². The second-order valence-corrected chi connectivity index (χ2v) is 11.4. The van der Waals surface area contributed by atoms with Gasteiger partial charge in [0.25, 0.3) is 0 Å². The van der Waals surface area contributed by atoms with E-state index in [1.807, 2.05) is 0 Å². The Morgan fingerprint density at radius 1 is 1.32 bits per heavy atom. The third-order valence-electron chi connectivity index (χ3n) is 10.3. The quantitative estimate of drug-likeness (QED) is 0.514. The first-order valence-electron chi connectivity index (χ1n) is 10.6. The number of carbonyl (C=O) groups excluding carboxylic acids is 2. The van der Waals surface area contributed by atoms with Crippen molar-refractivity contribution in [3.05, 3.63) is 12.2 Å². The van der Waals surface area contributed by atoms with Crippen LogP contribution in [0.3, 0.4) is 0 Å². The van der Waals surface area contributed by atoms with Crippen molar-refractivity contribution in [1.29, 1.82) is 0 Å². The predicted molar refractivity (Wildman–Crippen MR) is 96.6 cm³/mol. The number of piperidine rings is 2. The molecule has 6 aliphatic carbocycles. The third kappa shape index (κ3) is 1.27. The molecular weight excluding hydrogens is 358 g/mol. The van der Waals surface area contributed by atoms with Gasteiger partial charge >= 0.3 is 5.97 Å². The van der Waals surface area contributed by atoms with E-state index in [0.717, 1.165) is 18.5 Å². The molecule has 150 valence electrons. The lowest BCUT2D eigenvalue weighted by Crippen LogP contribution is -2.71. The van der Waals surface area contributed by atoms with Crippen molar-refractivity contribution in [3.63, 3.8) is 0 Å². The fourth-order valence-electron chi connectivity index (χ4n) is 10.8. The van der Waals surface area contributed by atoms with Crippen LogP contribution in [0.4, 0.5) is 0 Å². The first kappa shape index (κ1) is 16.5. The molecule has 28 heavy (non-hydrogen) atoms. The van der Waals surface area contributed by atoms with Crippen molar-refractivity contribution in [3.8, 4) is 0 Å². The van der Waals surface area contributed by atoms with Gasteiger partial charge in [-0.15, -0.1) is 0 Å². The highest BCUT2D eigenvalue weighted by Gasteiger charge is 2.94. The Bertz CT molecular complexity index is 901. The molecule has 0 aromatic heterocycles. The molecule has 6 heteroatoms. The zero-order valence-electron chi connectivity index (χ0n) is 16.4. The van der Waals surface area contributed by atoms with Crippen LogP contribution >= 0.6 is 0 Å². The van der Waals surface area contributed by atoms with E-state index in [4.69, 9.17) is 4.74 Å². The van der Waals surface area contributed by atoms with Crippen LogP contribution in [0, 0.1) is 39.9 Å². The Morgan fingerprint density at radius 2 is 2.07 bits per heavy atom. The lowest BCUT2D eigenvalue weighted by Gasteiger charge is -2.67. The molecule has 0 amide bonds. The SMILES string of the molecule is C=C1C[C@]23C[C@@]4(O)[C@@H]5[C@@]6(C)CC(=O)C[C@]57C(C2C(OC(C)=O)[C@H]1[C@@H](O)[C@H]37)N4C6. The minimum absolute atomic E-state index is 0.00988. The van der Waals surface area contributed by atoms with Gasteiger partial charge in [-0.25, -0.2) is 0 Å². The van der Waals surface area contributed by atoms with Crippen molar-refractivity contribution >= 4 is 11.8 Å². The molecule has 0 aromatic carbocycles. The van der Waals surface area contributed by atoms with Crippen molar-refractivity contribution < 1.29 is 24.5 Å². The minimum atomic E-state index is -0.905. The van der Waals surface area contributed by atoms with Crippen molar-refractivity contribution in [1.82, 2.24) is 4.90 Å². The van der Waals surface area contributed by atoms with Crippen LogP contribution in [-0.2, 0) is 14.3 Å². The highest BCUT2D eigenvalue weighted by atomic mass is 16.5. The van der Waals surface area contributed by atoms with Gasteiger partial charge in [-0.2, -0.15) is 0 Å². The summed E-state index contributed by atoms with van der Waals surface area (Å²) in [5, 5.41) is 23.6. The van der Waals surface area contributed by atoms with Gasteiger partial charge in [-0.3, -0.25) is 14.5 Å². The first-order chi connectivity index (χ1) is 13.1.